The molecule has 1 atom stereocenters. The number of carbonyl (C=O) groups excluding carboxylic acids is 1. The van der Waals surface area contributed by atoms with Crippen molar-refractivity contribution in [3.63, 3.8) is 0 Å². The van der Waals surface area contributed by atoms with Crippen molar-refractivity contribution in [1.82, 2.24) is 9.47 Å². The monoisotopic (exact) mass is 423 g/mol. The van der Waals surface area contributed by atoms with Gasteiger partial charge in [-0.3, -0.25) is 9.59 Å². The molecular weight excluding hydrogens is 401 g/mol. The summed E-state index contributed by atoms with van der Waals surface area (Å²) in [6.07, 6.45) is 2.91. The van der Waals surface area contributed by atoms with Gasteiger partial charge in [-0.15, -0.1) is 0 Å². The molecule has 0 aliphatic carbocycles. The fourth-order valence-corrected chi connectivity index (χ4v) is 4.06. The Balaban J connectivity index is 1.70. The summed E-state index contributed by atoms with van der Waals surface area (Å²) < 4.78 is 1.31. The molecule has 0 radical (unpaired) electrons. The van der Waals surface area contributed by atoms with Crippen LogP contribution in [0.1, 0.15) is 40.4 Å². The standard InChI is InChI=1S/C20H23Cl2N3O3/c1-11-7-17(26)14(9-15(11)21)18(23)12-3-5-25(6-4-12)19(27)13-8-16(22)20(28)24(2)10-13/h7-10,12,18,26H,3-6,23H2,1-2H3. The summed E-state index contributed by atoms with van der Waals surface area (Å²) in [6, 6.07) is 4.40. The van der Waals surface area contributed by atoms with E-state index in [1.807, 2.05) is 6.92 Å². The lowest BCUT2D eigenvalue weighted by atomic mass is 9.85. The lowest BCUT2D eigenvalue weighted by molar-refractivity contribution is 0.0676. The van der Waals surface area contributed by atoms with Gasteiger partial charge in [-0.25, -0.2) is 0 Å². The number of rotatable bonds is 3. The summed E-state index contributed by atoms with van der Waals surface area (Å²) in [5.74, 6) is 0.107. The summed E-state index contributed by atoms with van der Waals surface area (Å²) in [5, 5.41) is 10.8. The van der Waals surface area contributed by atoms with E-state index in [4.69, 9.17) is 28.9 Å². The van der Waals surface area contributed by atoms with Crippen LogP contribution in [0.5, 0.6) is 5.75 Å². The van der Waals surface area contributed by atoms with E-state index < -0.39 is 0 Å². The molecule has 3 rings (SSSR count). The van der Waals surface area contributed by atoms with Crippen molar-refractivity contribution in [2.45, 2.75) is 25.8 Å². The largest absolute Gasteiger partial charge is 0.508 e. The lowest BCUT2D eigenvalue weighted by Crippen LogP contribution is -2.41. The van der Waals surface area contributed by atoms with Crippen molar-refractivity contribution >= 4 is 29.1 Å². The number of halogens is 2. The Morgan fingerprint density at radius 3 is 2.46 bits per heavy atom. The second kappa shape index (κ2) is 8.15. The molecule has 28 heavy (non-hydrogen) atoms. The van der Waals surface area contributed by atoms with Gasteiger partial charge in [-0.2, -0.15) is 0 Å². The Morgan fingerprint density at radius 1 is 1.21 bits per heavy atom. The molecule has 150 valence electrons. The van der Waals surface area contributed by atoms with E-state index in [0.29, 0.717) is 42.1 Å². The van der Waals surface area contributed by atoms with Crippen LogP contribution in [0.3, 0.4) is 0 Å². The second-order valence-corrected chi connectivity index (χ2v) is 8.12. The third kappa shape index (κ3) is 4.04. The molecule has 0 bridgehead atoms. The molecule has 1 aromatic carbocycles. The summed E-state index contributed by atoms with van der Waals surface area (Å²) in [7, 11) is 1.56. The first-order chi connectivity index (χ1) is 13.2. The van der Waals surface area contributed by atoms with E-state index in [0.717, 1.165) is 5.56 Å². The van der Waals surface area contributed by atoms with Gasteiger partial charge in [0, 0.05) is 43.0 Å². The molecule has 0 saturated carbocycles. The zero-order valence-corrected chi connectivity index (χ0v) is 17.3. The SMILES string of the molecule is Cc1cc(O)c(C(N)C2CCN(C(=O)c3cc(Cl)c(=O)n(C)c3)CC2)cc1Cl. The Morgan fingerprint density at radius 2 is 1.86 bits per heavy atom. The normalized spacial score (nSPS) is 16.2. The average Bonchev–Trinajstić information content (AvgIpc) is 2.67. The van der Waals surface area contributed by atoms with E-state index in [9.17, 15) is 14.7 Å². The van der Waals surface area contributed by atoms with Gasteiger partial charge < -0.3 is 20.3 Å². The lowest BCUT2D eigenvalue weighted by Gasteiger charge is -2.35. The highest BCUT2D eigenvalue weighted by atomic mass is 35.5. The van der Waals surface area contributed by atoms with E-state index >= 15 is 0 Å². The number of phenolic OH excluding ortho intramolecular Hbond substituents is 1. The number of aromatic hydroxyl groups is 1. The predicted octanol–water partition coefficient (Wildman–Crippen LogP) is 3.26. The highest BCUT2D eigenvalue weighted by Gasteiger charge is 2.29. The third-order valence-electron chi connectivity index (χ3n) is 5.39. The van der Waals surface area contributed by atoms with E-state index in [1.165, 1.54) is 16.8 Å². The van der Waals surface area contributed by atoms with Crippen molar-refractivity contribution in [2.24, 2.45) is 18.7 Å². The van der Waals surface area contributed by atoms with Gasteiger partial charge in [-0.05, 0) is 49.4 Å². The molecule has 1 aromatic heterocycles. The second-order valence-electron chi connectivity index (χ2n) is 7.31. The minimum Gasteiger partial charge on any atom is -0.508 e. The topological polar surface area (TPSA) is 88.6 Å². The average molecular weight is 424 g/mol. The van der Waals surface area contributed by atoms with E-state index in [2.05, 4.69) is 0 Å². The van der Waals surface area contributed by atoms with Crippen LogP contribution in [0.25, 0.3) is 0 Å². The first-order valence-electron chi connectivity index (χ1n) is 9.09. The van der Waals surface area contributed by atoms with Crippen LogP contribution in [0, 0.1) is 12.8 Å². The highest BCUT2D eigenvalue weighted by molar-refractivity contribution is 6.31. The number of amides is 1. The molecule has 6 nitrogen and oxygen atoms in total. The number of benzene rings is 1. The van der Waals surface area contributed by atoms with Crippen LogP contribution in [0.2, 0.25) is 10.0 Å². The number of pyridine rings is 1. The van der Waals surface area contributed by atoms with Crippen LogP contribution in [0.15, 0.2) is 29.2 Å². The van der Waals surface area contributed by atoms with Crippen molar-refractivity contribution in [3.05, 3.63) is 61.5 Å². The van der Waals surface area contributed by atoms with Gasteiger partial charge in [0.25, 0.3) is 11.5 Å². The van der Waals surface area contributed by atoms with Gasteiger partial charge in [0.1, 0.15) is 10.8 Å². The van der Waals surface area contributed by atoms with Gasteiger partial charge >= 0.3 is 0 Å². The number of nitrogens with zero attached hydrogens (tertiary/aromatic N) is 2. The zero-order chi connectivity index (χ0) is 20.6. The number of phenols is 1. The number of carbonyl (C=O) groups is 1. The minimum absolute atomic E-state index is 0.0250. The molecule has 1 unspecified atom stereocenters. The van der Waals surface area contributed by atoms with Crippen molar-refractivity contribution in [1.29, 1.82) is 0 Å². The Bertz CT molecular complexity index is 940. The molecule has 1 aliphatic rings. The molecule has 1 saturated heterocycles. The van der Waals surface area contributed by atoms with Crippen LogP contribution in [-0.2, 0) is 7.05 Å². The number of nitrogens with two attached hydrogens (primary N) is 1. The number of likely N-dealkylation sites (tertiary alicyclic amines) is 1. The molecule has 1 fully saturated rings. The molecule has 3 N–H and O–H groups in total. The smallest absolute Gasteiger partial charge is 0.269 e. The molecule has 0 spiro atoms. The number of aromatic nitrogens is 1. The third-order valence-corrected chi connectivity index (χ3v) is 6.07. The zero-order valence-electron chi connectivity index (χ0n) is 15.8. The number of hydrogen-bond donors (Lipinski definition) is 2. The maximum absolute atomic E-state index is 12.8. The van der Waals surface area contributed by atoms with Crippen LogP contribution in [0.4, 0.5) is 0 Å². The maximum Gasteiger partial charge on any atom is 0.269 e. The first-order valence-corrected chi connectivity index (χ1v) is 9.84. The minimum atomic E-state index is -0.359. The molecule has 2 aromatic rings. The van der Waals surface area contributed by atoms with Gasteiger partial charge in [-0.1, -0.05) is 23.2 Å². The molecule has 1 amide bonds. The quantitative estimate of drug-likeness (QED) is 0.792. The summed E-state index contributed by atoms with van der Waals surface area (Å²) in [4.78, 5) is 26.2. The Hall–Kier alpha value is -2.02. The van der Waals surface area contributed by atoms with Gasteiger partial charge in [0.05, 0.1) is 5.56 Å². The molecular formula is C20H23Cl2N3O3. The van der Waals surface area contributed by atoms with Crippen LogP contribution < -0.4 is 11.3 Å². The summed E-state index contributed by atoms with van der Waals surface area (Å²) >= 11 is 12.1. The number of hydrogen-bond acceptors (Lipinski definition) is 4. The van der Waals surface area contributed by atoms with Crippen molar-refractivity contribution in [2.75, 3.05) is 13.1 Å². The van der Waals surface area contributed by atoms with Gasteiger partial charge in [0.2, 0.25) is 0 Å². The Labute approximate surface area is 173 Å². The summed E-state index contributed by atoms with van der Waals surface area (Å²) in [5.41, 5.74) is 7.88. The highest BCUT2D eigenvalue weighted by Crippen LogP contribution is 2.36. The van der Waals surface area contributed by atoms with Crippen LogP contribution in [-0.4, -0.2) is 33.6 Å². The van der Waals surface area contributed by atoms with Crippen molar-refractivity contribution in [3.8, 4) is 5.75 Å². The Kier molecular flexibility index (Phi) is 6.03. The maximum atomic E-state index is 12.8. The molecule has 8 heteroatoms. The predicted molar refractivity (Wildman–Crippen MR) is 110 cm³/mol. The summed E-state index contributed by atoms with van der Waals surface area (Å²) in [6.45, 7) is 2.91. The van der Waals surface area contributed by atoms with Gasteiger partial charge in [0.15, 0.2) is 0 Å². The first kappa shape index (κ1) is 20.7. The van der Waals surface area contributed by atoms with Crippen LogP contribution >= 0.6 is 23.2 Å². The fraction of sp³-hybridized carbons (Fsp3) is 0.400. The van der Waals surface area contributed by atoms with Crippen molar-refractivity contribution < 1.29 is 9.90 Å². The van der Waals surface area contributed by atoms with E-state index in [1.54, 1.807) is 24.1 Å². The molecule has 2 heterocycles. The number of aryl methyl sites for hydroxylation is 2. The van der Waals surface area contributed by atoms with E-state index in [-0.39, 0.29) is 34.2 Å². The molecule has 1 aliphatic heterocycles. The fourth-order valence-electron chi connectivity index (χ4n) is 3.64. The number of piperidine rings is 1.